The molecule has 14 heteroatoms. The van der Waals surface area contributed by atoms with Crippen molar-refractivity contribution in [1.82, 2.24) is 4.98 Å². The minimum absolute atomic E-state index is 0.0185. The molecule has 4 aromatic rings. The van der Waals surface area contributed by atoms with Gasteiger partial charge in [-0.15, -0.1) is 0 Å². The molecule has 0 bridgehead atoms. The number of hydroxylamine groups is 1. The minimum atomic E-state index is -4.61. The van der Waals surface area contributed by atoms with Gasteiger partial charge >= 0.3 is 6.18 Å². The second-order valence-corrected chi connectivity index (χ2v) is 13.4. The summed E-state index contributed by atoms with van der Waals surface area (Å²) in [6, 6.07) is 14.8. The molecule has 0 amide bonds. The van der Waals surface area contributed by atoms with Crippen molar-refractivity contribution in [2.45, 2.75) is 41.1 Å². The van der Waals surface area contributed by atoms with Gasteiger partial charge in [0.1, 0.15) is 22.6 Å². The van der Waals surface area contributed by atoms with Crippen molar-refractivity contribution in [3.63, 3.8) is 0 Å². The predicted molar refractivity (Wildman–Crippen MR) is 157 cm³/mol. The van der Waals surface area contributed by atoms with Gasteiger partial charge in [-0.1, -0.05) is 61.6 Å². The first-order valence-electron chi connectivity index (χ1n) is 13.2. The normalized spacial score (nSPS) is 16.0. The molecule has 0 radical (unpaired) electrons. The molecule has 1 aliphatic rings. The molecule has 1 atom stereocenters. The lowest BCUT2D eigenvalue weighted by molar-refractivity contribution is -0.137. The number of halogens is 3. The highest BCUT2D eigenvalue weighted by Crippen LogP contribution is 2.42. The van der Waals surface area contributed by atoms with Gasteiger partial charge in [0.05, 0.1) is 27.9 Å². The summed E-state index contributed by atoms with van der Waals surface area (Å²) in [5, 5.41) is 21.1. The zero-order chi connectivity index (χ0) is 31.8. The van der Waals surface area contributed by atoms with Crippen LogP contribution in [0.2, 0.25) is 0 Å². The second kappa shape index (κ2) is 12.0. The maximum absolute atomic E-state index is 13.9. The zero-order valence-electron chi connectivity index (χ0n) is 23.2. The van der Waals surface area contributed by atoms with Gasteiger partial charge in [-0.05, 0) is 53.4 Å². The van der Waals surface area contributed by atoms with Crippen LogP contribution in [0.3, 0.4) is 0 Å². The van der Waals surface area contributed by atoms with Crippen LogP contribution in [0.4, 0.5) is 24.0 Å². The van der Waals surface area contributed by atoms with E-state index >= 15 is 0 Å². The lowest BCUT2D eigenvalue weighted by Crippen LogP contribution is -2.38. The summed E-state index contributed by atoms with van der Waals surface area (Å²) in [5.41, 5.74) is 2.50. The third-order valence-corrected chi connectivity index (χ3v) is 10.2. The van der Waals surface area contributed by atoms with Crippen LogP contribution in [0.1, 0.15) is 52.9 Å². The van der Waals surface area contributed by atoms with Crippen LogP contribution in [-0.2, 0) is 20.9 Å². The number of ketones is 1. The highest BCUT2D eigenvalue weighted by atomic mass is 32.2. The number of rotatable bonds is 8. The molecule has 1 aromatic heterocycles. The van der Waals surface area contributed by atoms with Crippen molar-refractivity contribution in [2.75, 3.05) is 17.2 Å². The number of alkyl halides is 3. The smallest absolute Gasteiger partial charge is 0.416 e. The fourth-order valence-electron chi connectivity index (χ4n) is 4.61. The molecule has 0 spiro atoms. The molecule has 0 saturated carbocycles. The molecule has 5 rings (SSSR count). The van der Waals surface area contributed by atoms with Crippen LogP contribution in [0.5, 0.6) is 0 Å². The number of thiazole rings is 1. The van der Waals surface area contributed by atoms with E-state index in [0.29, 0.717) is 11.3 Å². The molecule has 3 N–H and O–H groups in total. The van der Waals surface area contributed by atoms with Gasteiger partial charge in [0.25, 0.3) is 0 Å². The molecule has 2 heterocycles. The topological polar surface area (TPSA) is 129 Å². The van der Waals surface area contributed by atoms with E-state index in [0.717, 1.165) is 29.0 Å². The standard InChI is InChI=1S/C30H26F3N3O6S2/c1-17(2)18-3-5-20(6-4-18)28(38)26-24(37)16-42-36(27(26)19-7-9-21(10-8-19)30(31,32)33)29-34-15-25(43-29)44(40,41)23-13-11-22(35-39)12-14-23/h3-15,17,27,35,37,39H,16H2,1-2H3. The fourth-order valence-corrected chi connectivity index (χ4v) is 7.12. The molecule has 0 aliphatic carbocycles. The number of benzene rings is 3. The third kappa shape index (κ3) is 6.06. The predicted octanol–water partition coefficient (Wildman–Crippen LogP) is 7.11. The molecular formula is C30H26F3N3O6S2. The first-order chi connectivity index (χ1) is 20.8. The van der Waals surface area contributed by atoms with Crippen molar-refractivity contribution >= 4 is 37.8 Å². The Morgan fingerprint density at radius 1 is 1.05 bits per heavy atom. The Balaban J connectivity index is 1.58. The quantitative estimate of drug-likeness (QED) is 0.136. The number of aliphatic hydroxyl groups is 1. The monoisotopic (exact) mass is 645 g/mol. The number of anilines is 2. The van der Waals surface area contributed by atoms with Gasteiger partial charge in [0, 0.05) is 5.56 Å². The summed E-state index contributed by atoms with van der Waals surface area (Å²) in [7, 11) is -4.07. The number of carbonyl (C=O) groups is 1. The molecule has 44 heavy (non-hydrogen) atoms. The number of hydrogen-bond acceptors (Lipinski definition) is 10. The Morgan fingerprint density at radius 2 is 1.68 bits per heavy atom. The highest BCUT2D eigenvalue weighted by Gasteiger charge is 2.40. The summed E-state index contributed by atoms with van der Waals surface area (Å²) >= 11 is 0.714. The number of aromatic nitrogens is 1. The summed E-state index contributed by atoms with van der Waals surface area (Å²) in [4.78, 5) is 23.7. The number of sulfone groups is 1. The van der Waals surface area contributed by atoms with Crippen molar-refractivity contribution in [3.8, 4) is 0 Å². The first kappa shape index (κ1) is 31.2. The SMILES string of the molecule is CC(C)c1ccc(C(=O)C2=C(O)CON(c3ncc(S(=O)(=O)c4ccc(NO)cc4)s3)C2c2ccc(C(F)(F)F)cc2)cc1. The highest BCUT2D eigenvalue weighted by molar-refractivity contribution is 7.93. The summed E-state index contributed by atoms with van der Waals surface area (Å²) in [6.45, 7) is 3.51. The van der Waals surface area contributed by atoms with Crippen LogP contribution >= 0.6 is 11.3 Å². The average molecular weight is 646 g/mol. The average Bonchev–Trinajstić information content (AvgIpc) is 3.51. The van der Waals surface area contributed by atoms with Gasteiger partial charge < -0.3 is 5.11 Å². The van der Waals surface area contributed by atoms with Gasteiger partial charge in [0.15, 0.2) is 5.78 Å². The van der Waals surface area contributed by atoms with Crippen molar-refractivity contribution < 1.29 is 41.5 Å². The van der Waals surface area contributed by atoms with Crippen LogP contribution < -0.4 is 10.5 Å². The Bertz CT molecular complexity index is 1800. The molecule has 1 aliphatic heterocycles. The van der Waals surface area contributed by atoms with Crippen LogP contribution in [0, 0.1) is 0 Å². The van der Waals surface area contributed by atoms with E-state index in [1.54, 1.807) is 24.3 Å². The van der Waals surface area contributed by atoms with Crippen molar-refractivity contribution in [2.24, 2.45) is 0 Å². The lowest BCUT2D eigenvalue weighted by atomic mass is 9.89. The molecule has 0 saturated heterocycles. The Morgan fingerprint density at radius 3 is 2.25 bits per heavy atom. The molecular weight excluding hydrogens is 619 g/mol. The maximum atomic E-state index is 13.9. The van der Waals surface area contributed by atoms with Gasteiger partial charge in [0.2, 0.25) is 15.0 Å². The largest absolute Gasteiger partial charge is 0.509 e. The number of nitrogens with zero attached hydrogens (tertiary/aromatic N) is 2. The molecule has 9 nitrogen and oxygen atoms in total. The van der Waals surface area contributed by atoms with Gasteiger partial charge in [-0.2, -0.15) is 13.2 Å². The summed E-state index contributed by atoms with van der Waals surface area (Å²) in [5.74, 6) is -0.811. The molecule has 230 valence electrons. The van der Waals surface area contributed by atoms with E-state index < -0.39 is 45.8 Å². The number of aliphatic hydroxyl groups excluding tert-OH is 1. The first-order valence-corrected chi connectivity index (χ1v) is 15.5. The number of carbonyl (C=O) groups excluding carboxylic acids is 1. The number of nitrogens with one attached hydrogen (secondary N) is 1. The van der Waals surface area contributed by atoms with E-state index in [2.05, 4.69) is 4.98 Å². The second-order valence-electron chi connectivity index (χ2n) is 10.2. The lowest BCUT2D eigenvalue weighted by Gasteiger charge is -2.36. The zero-order valence-corrected chi connectivity index (χ0v) is 24.9. The summed E-state index contributed by atoms with van der Waals surface area (Å²) < 4.78 is 66.5. The van der Waals surface area contributed by atoms with E-state index in [-0.39, 0.29) is 42.5 Å². The number of Topliss-reactive ketones (excluding diaryl/α,β-unsaturated/α-hetero) is 1. The van der Waals surface area contributed by atoms with E-state index in [9.17, 15) is 31.5 Å². The van der Waals surface area contributed by atoms with Gasteiger partial charge in [-0.3, -0.25) is 20.3 Å². The Hall–Kier alpha value is -4.24. The van der Waals surface area contributed by atoms with Crippen LogP contribution in [0.25, 0.3) is 0 Å². The minimum Gasteiger partial charge on any atom is -0.509 e. The maximum Gasteiger partial charge on any atom is 0.416 e. The molecule has 0 fully saturated rings. The molecule has 3 aromatic carbocycles. The van der Waals surface area contributed by atoms with Crippen molar-refractivity contribution in [1.29, 1.82) is 0 Å². The summed E-state index contributed by atoms with van der Waals surface area (Å²) in [6.07, 6.45) is -3.51. The van der Waals surface area contributed by atoms with E-state index in [4.69, 9.17) is 10.0 Å². The van der Waals surface area contributed by atoms with Crippen molar-refractivity contribution in [3.05, 3.63) is 113 Å². The van der Waals surface area contributed by atoms with Gasteiger partial charge in [-0.25, -0.2) is 18.5 Å². The Labute approximate surface area is 254 Å². The van der Waals surface area contributed by atoms with E-state index in [1.165, 1.54) is 36.4 Å². The number of hydrogen-bond donors (Lipinski definition) is 3. The third-order valence-electron chi connectivity index (χ3n) is 7.02. The van der Waals surface area contributed by atoms with Crippen LogP contribution in [-0.4, -0.2) is 36.1 Å². The van der Waals surface area contributed by atoms with Crippen LogP contribution in [0.15, 0.2) is 99.4 Å². The Kier molecular flexibility index (Phi) is 8.53. The van der Waals surface area contributed by atoms with E-state index in [1.807, 2.05) is 19.3 Å². The molecule has 1 unspecified atom stereocenters. The fraction of sp³-hybridized carbons (Fsp3) is 0.200.